The zero-order valence-electron chi connectivity index (χ0n) is 10.6. The maximum atomic E-state index is 3.42. The molecule has 0 aliphatic carbocycles. The van der Waals surface area contributed by atoms with Gasteiger partial charge >= 0.3 is 0 Å². The molecule has 1 aliphatic rings. The first kappa shape index (κ1) is 10.7. The lowest BCUT2D eigenvalue weighted by Gasteiger charge is -2.17. The first-order chi connectivity index (χ1) is 8.24. The van der Waals surface area contributed by atoms with Crippen LogP contribution in [0.1, 0.15) is 20.0 Å². The maximum absolute atomic E-state index is 3.42. The number of rotatable bonds is 4. The summed E-state index contributed by atoms with van der Waals surface area (Å²) < 4.78 is 4.68. The largest absolute Gasteiger partial charge is 0.313 e. The Morgan fingerprint density at radius 3 is 2.47 bits per heavy atom. The second-order valence-electron chi connectivity index (χ2n) is 5.08. The molecule has 1 N–H and O–H groups in total. The molecule has 0 bridgehead atoms. The fourth-order valence-corrected chi connectivity index (χ4v) is 2.69. The second kappa shape index (κ2) is 3.77. The predicted octanol–water partition coefficient (Wildman–Crippen LogP) is 2.56. The van der Waals surface area contributed by atoms with E-state index < -0.39 is 0 Å². The smallest absolute Gasteiger partial charge is 0.155 e. The minimum Gasteiger partial charge on any atom is -0.313 e. The molecular formula is C14H19N3. The summed E-state index contributed by atoms with van der Waals surface area (Å²) >= 11 is 0. The van der Waals surface area contributed by atoms with Crippen LogP contribution in [0.15, 0.2) is 36.5 Å². The highest BCUT2D eigenvalue weighted by Crippen LogP contribution is 2.41. The molecular weight excluding hydrogens is 210 g/mol. The Balaban J connectivity index is 1.82. The van der Waals surface area contributed by atoms with E-state index in [9.17, 15) is 0 Å². The number of likely N-dealkylation sites (N-methyl/N-ethyl adjacent to an activating group) is 1. The molecule has 1 aliphatic heterocycles. The van der Waals surface area contributed by atoms with Crippen molar-refractivity contribution < 1.29 is 0 Å². The Kier molecular flexibility index (Phi) is 2.37. The monoisotopic (exact) mass is 229 g/mol. The van der Waals surface area contributed by atoms with E-state index in [1.807, 2.05) is 7.05 Å². The van der Waals surface area contributed by atoms with Gasteiger partial charge < -0.3 is 5.32 Å². The quantitative estimate of drug-likeness (QED) is 0.855. The molecule has 0 radical (unpaired) electrons. The van der Waals surface area contributed by atoms with Crippen LogP contribution in [0.5, 0.6) is 0 Å². The summed E-state index contributed by atoms with van der Waals surface area (Å²) in [7, 11) is 2.05. The maximum Gasteiger partial charge on any atom is 0.155 e. The minimum atomic E-state index is 0.509. The molecule has 1 aromatic carbocycles. The number of nitrogens with zero attached hydrogens (tertiary/aromatic N) is 2. The van der Waals surface area contributed by atoms with E-state index in [-0.39, 0.29) is 0 Å². The van der Waals surface area contributed by atoms with Crippen molar-refractivity contribution in [3.05, 3.63) is 36.5 Å². The molecule has 0 spiro atoms. The third kappa shape index (κ3) is 1.53. The van der Waals surface area contributed by atoms with Gasteiger partial charge in [-0.15, -0.1) is 0 Å². The Bertz CT molecular complexity index is 507. The summed E-state index contributed by atoms with van der Waals surface area (Å²) in [5, 5.41) is 3.42. The van der Waals surface area contributed by atoms with Crippen molar-refractivity contribution in [2.45, 2.75) is 26.1 Å². The van der Waals surface area contributed by atoms with Crippen LogP contribution in [-0.2, 0) is 0 Å². The Hall–Kier alpha value is -1.48. The lowest BCUT2D eigenvalue weighted by Crippen LogP contribution is -2.33. The molecule has 0 fully saturated rings. The van der Waals surface area contributed by atoms with Gasteiger partial charge in [0.15, 0.2) is 6.17 Å². The lowest BCUT2D eigenvalue weighted by molar-refractivity contribution is 0.382. The van der Waals surface area contributed by atoms with Gasteiger partial charge in [-0.2, -0.15) is 0 Å². The highest BCUT2D eigenvalue weighted by Gasteiger charge is 2.43. The van der Waals surface area contributed by atoms with Crippen LogP contribution in [0.3, 0.4) is 0 Å². The van der Waals surface area contributed by atoms with Crippen LogP contribution in [0.4, 0.5) is 0 Å². The van der Waals surface area contributed by atoms with Gasteiger partial charge in [-0.1, -0.05) is 44.2 Å². The third-order valence-electron chi connectivity index (χ3n) is 3.66. The summed E-state index contributed by atoms with van der Waals surface area (Å²) in [6.45, 7) is 4.53. The molecule has 0 saturated carbocycles. The van der Waals surface area contributed by atoms with Crippen molar-refractivity contribution in [1.29, 1.82) is 0 Å². The highest BCUT2D eigenvalue weighted by atomic mass is 15.7. The Labute approximate surface area is 102 Å². The summed E-state index contributed by atoms with van der Waals surface area (Å²) in [6, 6.07) is 11.1. The SMILES string of the molecule is CN[C@@H](C(C)C)C1n2cc(-c3ccccc3)n21. The fourth-order valence-electron chi connectivity index (χ4n) is 2.69. The van der Waals surface area contributed by atoms with Crippen LogP contribution in [0.2, 0.25) is 0 Å². The van der Waals surface area contributed by atoms with Gasteiger partial charge in [0.2, 0.25) is 0 Å². The Morgan fingerprint density at radius 1 is 1.18 bits per heavy atom. The molecule has 1 unspecified atom stereocenters. The third-order valence-corrected chi connectivity index (χ3v) is 3.66. The summed E-state index contributed by atoms with van der Waals surface area (Å²) in [6.07, 6.45) is 2.75. The molecule has 3 nitrogen and oxygen atoms in total. The zero-order chi connectivity index (χ0) is 12.0. The van der Waals surface area contributed by atoms with E-state index in [2.05, 4.69) is 65.1 Å². The second-order valence-corrected chi connectivity index (χ2v) is 5.08. The van der Waals surface area contributed by atoms with Crippen molar-refractivity contribution in [2.75, 3.05) is 7.05 Å². The first-order valence-electron chi connectivity index (χ1n) is 6.26. The molecule has 2 aromatic rings. The van der Waals surface area contributed by atoms with Crippen LogP contribution >= 0.6 is 0 Å². The molecule has 90 valence electrons. The van der Waals surface area contributed by atoms with Crippen molar-refractivity contribution >= 4 is 0 Å². The summed E-state index contributed by atoms with van der Waals surface area (Å²) in [4.78, 5) is 0. The summed E-state index contributed by atoms with van der Waals surface area (Å²) in [5.74, 6) is 0.640. The number of aromatic nitrogens is 2. The van der Waals surface area contributed by atoms with E-state index >= 15 is 0 Å². The van der Waals surface area contributed by atoms with E-state index in [1.54, 1.807) is 0 Å². The van der Waals surface area contributed by atoms with Gasteiger partial charge in [0.25, 0.3) is 0 Å². The number of hydrogen-bond donors (Lipinski definition) is 1. The zero-order valence-corrected chi connectivity index (χ0v) is 10.6. The van der Waals surface area contributed by atoms with Gasteiger partial charge in [-0.25, -0.2) is 0 Å². The average molecular weight is 229 g/mol. The van der Waals surface area contributed by atoms with E-state index in [1.165, 1.54) is 11.3 Å². The van der Waals surface area contributed by atoms with Crippen molar-refractivity contribution in [2.24, 2.45) is 5.92 Å². The van der Waals surface area contributed by atoms with Crippen molar-refractivity contribution in [3.8, 4) is 11.3 Å². The lowest BCUT2D eigenvalue weighted by atomic mass is 10.0. The van der Waals surface area contributed by atoms with Gasteiger partial charge in [0, 0.05) is 11.8 Å². The van der Waals surface area contributed by atoms with Crippen molar-refractivity contribution in [1.82, 2.24) is 14.7 Å². The molecule has 0 saturated heterocycles. The van der Waals surface area contributed by atoms with E-state index in [0.29, 0.717) is 18.1 Å². The van der Waals surface area contributed by atoms with Crippen LogP contribution in [0, 0.1) is 5.92 Å². The predicted molar refractivity (Wildman–Crippen MR) is 70.0 cm³/mol. The molecule has 3 rings (SSSR count). The van der Waals surface area contributed by atoms with Crippen molar-refractivity contribution in [3.63, 3.8) is 0 Å². The minimum absolute atomic E-state index is 0.509. The Morgan fingerprint density at radius 2 is 1.88 bits per heavy atom. The molecule has 17 heavy (non-hydrogen) atoms. The van der Waals surface area contributed by atoms with E-state index in [4.69, 9.17) is 0 Å². The summed E-state index contributed by atoms with van der Waals surface area (Å²) in [5.41, 5.74) is 2.65. The highest BCUT2D eigenvalue weighted by molar-refractivity contribution is 5.61. The fraction of sp³-hybridized carbons (Fsp3) is 0.429. The van der Waals surface area contributed by atoms with Gasteiger partial charge in [-0.3, -0.25) is 9.36 Å². The van der Waals surface area contributed by atoms with E-state index in [0.717, 1.165) is 0 Å². The van der Waals surface area contributed by atoms with Crippen LogP contribution in [-0.4, -0.2) is 22.5 Å². The number of nitrogens with one attached hydrogen (secondary N) is 1. The molecule has 3 heteroatoms. The first-order valence-corrected chi connectivity index (χ1v) is 6.26. The molecule has 2 atom stereocenters. The number of fused-ring (bicyclic) bond motifs is 1. The van der Waals surface area contributed by atoms with Crippen LogP contribution in [0.25, 0.3) is 11.3 Å². The normalized spacial score (nSPS) is 19.4. The molecule has 0 amide bonds. The average Bonchev–Trinajstić information content (AvgIpc) is 2.84. The number of benzene rings is 1. The van der Waals surface area contributed by atoms with Gasteiger partial charge in [0.05, 0.1) is 11.7 Å². The van der Waals surface area contributed by atoms with Gasteiger partial charge in [0.1, 0.15) is 0 Å². The van der Waals surface area contributed by atoms with Crippen LogP contribution < -0.4 is 5.32 Å². The topological polar surface area (TPSA) is 21.9 Å². The van der Waals surface area contributed by atoms with Gasteiger partial charge in [-0.05, 0) is 13.0 Å². The molecule has 2 heterocycles. The number of hydrogen-bond acceptors (Lipinski definition) is 1. The molecule has 1 aromatic heterocycles. The standard InChI is InChI=1S/C14H19N3/c1-10(2)13(15-3)14-16-9-12(17(14)16)11-7-5-4-6-8-11/h4-10,13-15H,1-3H3/t13-,14?,16?,17?/m0/s1.